The Morgan fingerprint density at radius 2 is 1.68 bits per heavy atom. The number of benzene rings is 1. The van der Waals surface area contributed by atoms with Crippen molar-refractivity contribution in [2.45, 2.75) is 74.5 Å². The highest BCUT2D eigenvalue weighted by molar-refractivity contribution is 8.00. The Morgan fingerprint density at radius 3 is 2.34 bits per heavy atom. The number of likely N-dealkylation sites (tertiary alicyclic amines) is 1. The fraction of sp³-hybridized carbons (Fsp3) is 0.500. The summed E-state index contributed by atoms with van der Waals surface area (Å²) in [6.45, 7) is 3.41. The van der Waals surface area contributed by atoms with Crippen molar-refractivity contribution in [3.63, 3.8) is 0 Å². The molecule has 2 aliphatic heterocycles. The number of nitrogens with two attached hydrogens (primary N) is 1. The van der Waals surface area contributed by atoms with Crippen LogP contribution in [0.15, 0.2) is 29.3 Å². The van der Waals surface area contributed by atoms with E-state index in [1.807, 2.05) is 6.92 Å². The molecular formula is C32H43N9O8S. The molecule has 50 heavy (non-hydrogen) atoms. The van der Waals surface area contributed by atoms with Gasteiger partial charge in [-0.2, -0.15) is 0 Å². The molecular weight excluding hydrogens is 670 g/mol. The number of rotatable bonds is 9. The van der Waals surface area contributed by atoms with E-state index in [9.17, 15) is 38.4 Å². The second-order valence-corrected chi connectivity index (χ2v) is 13.3. The number of carbonyl (C=O) groups excluding carboxylic acids is 8. The molecule has 270 valence electrons. The van der Waals surface area contributed by atoms with Crippen molar-refractivity contribution in [2.24, 2.45) is 11.7 Å². The van der Waals surface area contributed by atoms with Gasteiger partial charge in [-0.05, 0) is 30.4 Å². The second kappa shape index (κ2) is 17.5. The van der Waals surface area contributed by atoms with Crippen LogP contribution in [0.25, 0.3) is 10.9 Å². The van der Waals surface area contributed by atoms with Crippen molar-refractivity contribution in [2.75, 3.05) is 26.2 Å². The maximum Gasteiger partial charge on any atom is 0.254 e. The van der Waals surface area contributed by atoms with Gasteiger partial charge >= 0.3 is 0 Å². The number of H-pyrrole nitrogens is 1. The van der Waals surface area contributed by atoms with Crippen LogP contribution in [0.4, 0.5) is 0 Å². The third-order valence-corrected chi connectivity index (χ3v) is 9.78. The quantitative estimate of drug-likeness (QED) is 0.135. The molecule has 17 nitrogen and oxygen atoms in total. The van der Waals surface area contributed by atoms with Gasteiger partial charge in [0.05, 0.1) is 24.5 Å². The predicted molar refractivity (Wildman–Crippen MR) is 182 cm³/mol. The summed E-state index contributed by atoms with van der Waals surface area (Å²) in [7, 11) is 0. The molecule has 1 saturated heterocycles. The lowest BCUT2D eigenvalue weighted by Gasteiger charge is -2.26. The number of hydrogen-bond acceptors (Lipinski definition) is 9. The maximum absolute atomic E-state index is 13.9. The second-order valence-electron chi connectivity index (χ2n) is 12.2. The number of primary amides is 1. The van der Waals surface area contributed by atoms with E-state index in [1.54, 1.807) is 31.2 Å². The van der Waals surface area contributed by atoms with Crippen molar-refractivity contribution in [1.29, 1.82) is 0 Å². The Morgan fingerprint density at radius 1 is 1.02 bits per heavy atom. The maximum atomic E-state index is 13.9. The van der Waals surface area contributed by atoms with Gasteiger partial charge in [0.1, 0.15) is 18.1 Å². The minimum Gasteiger partial charge on any atom is -0.370 e. The van der Waals surface area contributed by atoms with Gasteiger partial charge in [-0.25, -0.2) is 0 Å². The van der Waals surface area contributed by atoms with Crippen LogP contribution in [0.5, 0.6) is 0 Å². The highest BCUT2D eigenvalue weighted by Crippen LogP contribution is 2.33. The Balaban J connectivity index is 1.73. The van der Waals surface area contributed by atoms with Crippen LogP contribution in [0.1, 0.15) is 45.1 Å². The van der Waals surface area contributed by atoms with E-state index in [0.29, 0.717) is 47.4 Å². The number of thioether (sulfide) groups is 1. The number of nitrogens with zero attached hydrogens (tertiary/aromatic N) is 1. The fourth-order valence-corrected chi connectivity index (χ4v) is 6.86. The van der Waals surface area contributed by atoms with E-state index in [2.05, 4.69) is 36.9 Å². The van der Waals surface area contributed by atoms with Crippen molar-refractivity contribution in [3.8, 4) is 0 Å². The average molecular weight is 714 g/mol. The number of fused-ring (bicyclic) bond motifs is 3. The Bertz CT molecular complexity index is 1630. The highest BCUT2D eigenvalue weighted by Gasteiger charge is 2.34. The van der Waals surface area contributed by atoms with Gasteiger partial charge in [-0.15, -0.1) is 0 Å². The number of nitrogens with one attached hydrogen (secondary N) is 7. The minimum atomic E-state index is -1.43. The number of aromatic amines is 1. The zero-order chi connectivity index (χ0) is 36.4. The van der Waals surface area contributed by atoms with E-state index in [-0.39, 0.29) is 12.3 Å². The molecule has 4 rings (SSSR count). The normalized spacial score (nSPS) is 22.1. The predicted octanol–water partition coefficient (Wildman–Crippen LogP) is -1.88. The SMILES string of the molecule is CC[C@H](C)C1NC(=O)CNC(=O)[C@@H](NC=O)Cc2c([nH]c3ccccc23)SC(C(=O)NC(CC(N)=O)C(=O)N2CCCC2)NC(=O)CNC1=O. The van der Waals surface area contributed by atoms with Crippen molar-refractivity contribution in [1.82, 2.24) is 41.8 Å². The molecule has 9 N–H and O–H groups in total. The summed E-state index contributed by atoms with van der Waals surface area (Å²) >= 11 is 0.862. The number of amides is 8. The van der Waals surface area contributed by atoms with Gasteiger partial charge in [0.25, 0.3) is 5.91 Å². The molecule has 18 heteroatoms. The molecule has 2 aromatic rings. The molecule has 1 aromatic carbocycles. The molecule has 1 aromatic heterocycles. The van der Waals surface area contributed by atoms with Crippen LogP contribution in [-0.4, -0.2) is 107 Å². The molecule has 5 atom stereocenters. The summed E-state index contributed by atoms with van der Waals surface area (Å²) in [6, 6.07) is 3.54. The first kappa shape index (κ1) is 37.7. The summed E-state index contributed by atoms with van der Waals surface area (Å²) in [4.78, 5) is 108. The summed E-state index contributed by atoms with van der Waals surface area (Å²) in [6.07, 6.45) is 1.82. The molecule has 1 fully saturated rings. The largest absolute Gasteiger partial charge is 0.370 e. The smallest absolute Gasteiger partial charge is 0.254 e. The number of aromatic nitrogens is 1. The summed E-state index contributed by atoms with van der Waals surface area (Å²) in [5.41, 5.74) is 6.56. The van der Waals surface area contributed by atoms with Crippen LogP contribution in [0.2, 0.25) is 0 Å². The highest BCUT2D eigenvalue weighted by atomic mass is 32.2. The number of carbonyl (C=O) groups is 8. The van der Waals surface area contributed by atoms with E-state index >= 15 is 0 Å². The molecule has 3 unspecified atom stereocenters. The number of para-hydroxylation sites is 1. The summed E-state index contributed by atoms with van der Waals surface area (Å²) < 4.78 is 0. The zero-order valence-corrected chi connectivity index (χ0v) is 28.7. The first-order chi connectivity index (χ1) is 23.9. The van der Waals surface area contributed by atoms with Gasteiger partial charge in [-0.1, -0.05) is 50.2 Å². The van der Waals surface area contributed by atoms with E-state index in [0.717, 1.165) is 24.6 Å². The lowest BCUT2D eigenvalue weighted by atomic mass is 9.98. The zero-order valence-electron chi connectivity index (χ0n) is 27.8. The van der Waals surface area contributed by atoms with Gasteiger partial charge in [0.15, 0.2) is 5.37 Å². The van der Waals surface area contributed by atoms with Crippen LogP contribution in [0.3, 0.4) is 0 Å². The summed E-state index contributed by atoms with van der Waals surface area (Å²) in [5, 5.41) is 14.8. The molecule has 0 saturated carbocycles. The lowest BCUT2D eigenvalue weighted by Crippen LogP contribution is -2.56. The molecule has 0 spiro atoms. The van der Waals surface area contributed by atoms with Gasteiger partial charge in [0, 0.05) is 30.4 Å². The third kappa shape index (κ3) is 9.73. The first-order valence-electron chi connectivity index (χ1n) is 16.4. The van der Waals surface area contributed by atoms with Crippen LogP contribution < -0.4 is 37.6 Å². The van der Waals surface area contributed by atoms with Crippen molar-refractivity contribution >= 4 is 70.4 Å². The Hall–Kier alpha value is -5.13. The Kier molecular flexibility index (Phi) is 13.2. The van der Waals surface area contributed by atoms with Gasteiger partial charge in [-0.3, -0.25) is 38.4 Å². The molecule has 0 bridgehead atoms. The van der Waals surface area contributed by atoms with Crippen molar-refractivity contribution in [3.05, 3.63) is 29.8 Å². The van der Waals surface area contributed by atoms with Gasteiger partial charge < -0.3 is 47.5 Å². The molecule has 3 heterocycles. The molecule has 0 aliphatic carbocycles. The van der Waals surface area contributed by atoms with E-state index in [1.165, 1.54) is 4.90 Å². The van der Waals surface area contributed by atoms with Crippen LogP contribution in [-0.2, 0) is 44.8 Å². The van der Waals surface area contributed by atoms with Crippen LogP contribution >= 0.6 is 11.8 Å². The topological polar surface area (TPSA) is 254 Å². The van der Waals surface area contributed by atoms with E-state index < -0.39 is 84.4 Å². The number of hydrogen-bond donors (Lipinski definition) is 8. The first-order valence-corrected chi connectivity index (χ1v) is 17.3. The van der Waals surface area contributed by atoms with Gasteiger partial charge in [0.2, 0.25) is 41.9 Å². The molecule has 0 radical (unpaired) electrons. The molecule has 2 aliphatic rings. The monoisotopic (exact) mass is 713 g/mol. The lowest BCUT2D eigenvalue weighted by molar-refractivity contribution is -0.137. The van der Waals surface area contributed by atoms with E-state index in [4.69, 9.17) is 5.73 Å². The minimum absolute atomic E-state index is 0.0892. The fourth-order valence-electron chi connectivity index (χ4n) is 5.76. The summed E-state index contributed by atoms with van der Waals surface area (Å²) in [5.74, 6) is -5.26. The van der Waals surface area contributed by atoms with Crippen molar-refractivity contribution < 1.29 is 38.4 Å². The third-order valence-electron chi connectivity index (χ3n) is 8.63. The average Bonchev–Trinajstić information content (AvgIpc) is 3.75. The van der Waals surface area contributed by atoms with Crippen LogP contribution in [0, 0.1) is 5.92 Å². The standard InChI is InChI=1S/C32H43N9O8S/c1-3-17(2)26-28(47)35-15-25(45)40-31(29(48)37-22(13-23(33)43)32(49)41-10-6-7-11-41)50-30-19(18-8-4-5-9-20(18)38-30)12-21(36-16-42)27(46)34-14-24(44)39-26/h4-5,8-9,16-17,21-22,26,31,38H,3,6-7,10-15H2,1-2H3,(H2,33,43)(H,34,46)(H,35,47)(H,36,42)(H,37,48)(H,39,44)(H,40,45)/t17-,21-,22?,26?,31?/m0/s1. The Labute approximate surface area is 292 Å². The molecule has 8 amide bonds.